The standard InChI is InChI=1S/C2H6N4O2/c1-5(2(3)4)6(7)8/h1H3,(H3,3,4). The maximum atomic E-state index is 9.65. The summed E-state index contributed by atoms with van der Waals surface area (Å²) in [6, 6.07) is 0. The summed E-state index contributed by atoms with van der Waals surface area (Å²) in [6.45, 7) is 0. The number of nitrogens with zero attached hydrogens (tertiary/aromatic N) is 2. The third kappa shape index (κ3) is 1.41. The third-order valence-electron chi connectivity index (χ3n) is 0.594. The van der Waals surface area contributed by atoms with Crippen LogP contribution in [0.1, 0.15) is 0 Å². The topological polar surface area (TPSA) is 96.2 Å². The fourth-order valence-corrected chi connectivity index (χ4v) is 0.0880. The van der Waals surface area contributed by atoms with Gasteiger partial charge >= 0.3 is 0 Å². The Morgan fingerprint density at radius 3 is 2.38 bits per heavy atom. The molecule has 0 heterocycles. The van der Waals surface area contributed by atoms with Gasteiger partial charge in [0.15, 0.2) is 5.03 Å². The molecule has 0 aliphatic rings. The molecular formula is C2H6N4O2. The van der Waals surface area contributed by atoms with E-state index in [0.29, 0.717) is 5.01 Å². The molecule has 0 aromatic rings. The van der Waals surface area contributed by atoms with E-state index in [-0.39, 0.29) is 0 Å². The van der Waals surface area contributed by atoms with Crippen molar-refractivity contribution in [2.24, 2.45) is 5.73 Å². The average molecular weight is 118 g/mol. The summed E-state index contributed by atoms with van der Waals surface area (Å²) >= 11 is 0. The van der Waals surface area contributed by atoms with Crippen LogP contribution in [0.3, 0.4) is 0 Å². The summed E-state index contributed by atoms with van der Waals surface area (Å²) in [6.07, 6.45) is 0. The predicted molar refractivity (Wildman–Crippen MR) is 26.7 cm³/mol. The minimum Gasteiger partial charge on any atom is -0.365 e. The number of hydrogen-bond acceptors (Lipinski definition) is 3. The Labute approximate surface area is 45.5 Å². The number of rotatable bonds is 1. The van der Waals surface area contributed by atoms with Crippen LogP contribution in [0.15, 0.2) is 0 Å². The van der Waals surface area contributed by atoms with Gasteiger partial charge < -0.3 is 5.73 Å². The van der Waals surface area contributed by atoms with Crippen molar-refractivity contribution in [1.82, 2.24) is 5.01 Å². The van der Waals surface area contributed by atoms with Crippen molar-refractivity contribution < 1.29 is 5.03 Å². The molecule has 0 aliphatic heterocycles. The summed E-state index contributed by atoms with van der Waals surface area (Å²) in [4.78, 5) is 9.65. The smallest absolute Gasteiger partial charge is 0.251 e. The zero-order valence-electron chi connectivity index (χ0n) is 4.29. The van der Waals surface area contributed by atoms with Crippen LogP contribution in [-0.2, 0) is 0 Å². The van der Waals surface area contributed by atoms with Gasteiger partial charge in [0.2, 0.25) is 0 Å². The maximum Gasteiger partial charge on any atom is 0.251 e. The lowest BCUT2D eigenvalue weighted by atomic mass is 11.0. The van der Waals surface area contributed by atoms with Gasteiger partial charge in [0, 0.05) is 0 Å². The summed E-state index contributed by atoms with van der Waals surface area (Å²) in [7, 11) is 1.10. The third-order valence-corrected chi connectivity index (χ3v) is 0.594. The summed E-state index contributed by atoms with van der Waals surface area (Å²) in [5, 5.41) is 15.8. The first-order chi connectivity index (χ1) is 3.55. The molecule has 0 fully saturated rings. The first-order valence-corrected chi connectivity index (χ1v) is 1.77. The number of nitro groups is 1. The number of hydrogen-bond donors (Lipinski definition) is 2. The minimum atomic E-state index is -0.775. The van der Waals surface area contributed by atoms with Gasteiger partial charge in [-0.3, -0.25) is 5.41 Å². The minimum absolute atomic E-state index is 0.417. The van der Waals surface area contributed by atoms with Gasteiger partial charge in [-0.1, -0.05) is 5.01 Å². The van der Waals surface area contributed by atoms with E-state index in [2.05, 4.69) is 0 Å². The molecule has 3 N–H and O–H groups in total. The highest BCUT2D eigenvalue weighted by Gasteiger charge is 2.07. The summed E-state index contributed by atoms with van der Waals surface area (Å²) in [5.74, 6) is -0.574. The van der Waals surface area contributed by atoms with E-state index in [1.165, 1.54) is 0 Å². The lowest BCUT2D eigenvalue weighted by Crippen LogP contribution is -2.37. The Kier molecular flexibility index (Phi) is 1.75. The molecule has 0 bridgehead atoms. The van der Waals surface area contributed by atoms with E-state index in [1.807, 2.05) is 0 Å². The molecule has 6 heteroatoms. The van der Waals surface area contributed by atoms with Crippen molar-refractivity contribution >= 4 is 5.96 Å². The first kappa shape index (κ1) is 6.67. The molecule has 0 saturated heterocycles. The second-order valence-electron chi connectivity index (χ2n) is 1.15. The molecule has 0 aliphatic carbocycles. The van der Waals surface area contributed by atoms with Crippen molar-refractivity contribution in [3.63, 3.8) is 0 Å². The molecule has 0 atom stereocenters. The number of nitrogens with two attached hydrogens (primary N) is 1. The normalized spacial score (nSPS) is 8.12. The maximum absolute atomic E-state index is 9.65. The summed E-state index contributed by atoms with van der Waals surface area (Å²) < 4.78 is 0. The van der Waals surface area contributed by atoms with Gasteiger partial charge in [0.1, 0.15) is 0 Å². The highest BCUT2D eigenvalue weighted by molar-refractivity contribution is 5.72. The number of hydrazine groups is 1. The van der Waals surface area contributed by atoms with Gasteiger partial charge in [-0.2, -0.15) is 0 Å². The van der Waals surface area contributed by atoms with Crippen LogP contribution in [0, 0.1) is 15.5 Å². The Morgan fingerprint density at radius 1 is 2.00 bits per heavy atom. The highest BCUT2D eigenvalue weighted by atomic mass is 16.7. The molecule has 0 aromatic carbocycles. The molecule has 0 rings (SSSR count). The fourth-order valence-electron chi connectivity index (χ4n) is 0.0880. The van der Waals surface area contributed by atoms with Crippen molar-refractivity contribution in [3.8, 4) is 0 Å². The largest absolute Gasteiger partial charge is 0.365 e. The van der Waals surface area contributed by atoms with Crippen LogP contribution in [0.5, 0.6) is 0 Å². The lowest BCUT2D eigenvalue weighted by molar-refractivity contribution is -0.623. The van der Waals surface area contributed by atoms with Crippen molar-refractivity contribution in [1.29, 1.82) is 5.41 Å². The van der Waals surface area contributed by atoms with Crippen LogP contribution in [0.4, 0.5) is 0 Å². The van der Waals surface area contributed by atoms with Gasteiger partial charge in [-0.05, 0) is 0 Å². The van der Waals surface area contributed by atoms with E-state index in [1.54, 1.807) is 0 Å². The van der Waals surface area contributed by atoms with Crippen molar-refractivity contribution in [2.75, 3.05) is 7.05 Å². The van der Waals surface area contributed by atoms with Gasteiger partial charge in [-0.25, -0.2) is 10.1 Å². The van der Waals surface area contributed by atoms with Crippen LogP contribution >= 0.6 is 0 Å². The Balaban J connectivity index is 3.83. The monoisotopic (exact) mass is 118 g/mol. The Hall–Kier alpha value is -1.33. The van der Waals surface area contributed by atoms with Gasteiger partial charge in [-0.15, -0.1) is 0 Å². The van der Waals surface area contributed by atoms with E-state index >= 15 is 0 Å². The van der Waals surface area contributed by atoms with Crippen LogP contribution in [-0.4, -0.2) is 23.0 Å². The zero-order valence-corrected chi connectivity index (χ0v) is 4.29. The van der Waals surface area contributed by atoms with E-state index in [0.717, 1.165) is 7.05 Å². The zero-order chi connectivity index (χ0) is 6.73. The lowest BCUT2D eigenvalue weighted by Gasteiger charge is -2.01. The van der Waals surface area contributed by atoms with Gasteiger partial charge in [0.05, 0.1) is 7.05 Å². The Morgan fingerprint density at radius 2 is 2.38 bits per heavy atom. The first-order valence-electron chi connectivity index (χ1n) is 1.77. The number of guanidine groups is 1. The van der Waals surface area contributed by atoms with E-state index < -0.39 is 11.0 Å². The molecule has 46 valence electrons. The second kappa shape index (κ2) is 2.10. The molecule has 0 unspecified atom stereocenters. The molecular weight excluding hydrogens is 112 g/mol. The quantitative estimate of drug-likeness (QED) is 0.200. The van der Waals surface area contributed by atoms with Crippen molar-refractivity contribution in [2.45, 2.75) is 0 Å². The predicted octanol–water partition coefficient (Wildman–Crippen LogP) is -0.997. The fraction of sp³-hybridized carbons (Fsp3) is 0.500. The second-order valence-corrected chi connectivity index (χ2v) is 1.15. The van der Waals surface area contributed by atoms with E-state index in [9.17, 15) is 10.1 Å². The Bertz CT molecular complexity index is 107. The SMILES string of the molecule is CN(C(=N)N)[N+](=O)[O-]. The van der Waals surface area contributed by atoms with E-state index in [4.69, 9.17) is 11.1 Å². The molecule has 0 spiro atoms. The van der Waals surface area contributed by atoms with Crippen molar-refractivity contribution in [3.05, 3.63) is 10.1 Å². The molecule has 0 aromatic heterocycles. The average Bonchev–Trinajstić information content (AvgIpc) is 1.64. The molecule has 0 saturated carbocycles. The molecule has 8 heavy (non-hydrogen) atoms. The summed E-state index contributed by atoms with van der Waals surface area (Å²) in [5.41, 5.74) is 4.70. The molecule has 0 amide bonds. The molecule has 6 nitrogen and oxygen atoms in total. The highest BCUT2D eigenvalue weighted by Crippen LogP contribution is 1.75. The number of nitrogens with one attached hydrogen (secondary N) is 1. The van der Waals surface area contributed by atoms with Crippen LogP contribution in [0.2, 0.25) is 0 Å². The van der Waals surface area contributed by atoms with Crippen LogP contribution < -0.4 is 5.73 Å². The molecule has 0 radical (unpaired) electrons. The van der Waals surface area contributed by atoms with Crippen LogP contribution in [0.25, 0.3) is 0 Å². The van der Waals surface area contributed by atoms with Gasteiger partial charge in [0.25, 0.3) is 5.96 Å².